The minimum absolute atomic E-state index is 0.0112. The van der Waals surface area contributed by atoms with Gasteiger partial charge in [0.25, 0.3) is 5.91 Å². The van der Waals surface area contributed by atoms with Crippen molar-refractivity contribution in [1.29, 1.82) is 0 Å². The summed E-state index contributed by atoms with van der Waals surface area (Å²) in [5, 5.41) is 4.71. The SMILES string of the molecule is Cc1cc(Br)ccc1NC(=O)CN(C)C(=O)C[NH2+][C@@H](C)c1ccco1. The lowest BCUT2D eigenvalue weighted by Crippen LogP contribution is -2.87. The molecule has 0 unspecified atom stereocenters. The molecule has 0 spiro atoms. The molecular formula is C18H23BrN3O3+. The Morgan fingerprint density at radius 1 is 1.36 bits per heavy atom. The number of hydrogen-bond donors (Lipinski definition) is 2. The summed E-state index contributed by atoms with van der Waals surface area (Å²) in [6.45, 7) is 4.15. The first-order valence-corrected chi connectivity index (χ1v) is 8.83. The van der Waals surface area contributed by atoms with Gasteiger partial charge in [0.1, 0.15) is 6.04 Å². The molecule has 7 heteroatoms. The zero-order valence-electron chi connectivity index (χ0n) is 14.6. The molecule has 3 N–H and O–H groups in total. The van der Waals surface area contributed by atoms with Crippen molar-refractivity contribution in [2.24, 2.45) is 0 Å². The molecule has 1 heterocycles. The molecule has 0 saturated carbocycles. The summed E-state index contributed by atoms with van der Waals surface area (Å²) in [6.07, 6.45) is 1.61. The van der Waals surface area contributed by atoms with Crippen LogP contribution in [0, 0.1) is 6.92 Å². The van der Waals surface area contributed by atoms with Gasteiger partial charge < -0.3 is 20.0 Å². The number of halogens is 1. The molecule has 6 nitrogen and oxygen atoms in total. The van der Waals surface area contributed by atoms with E-state index in [1.807, 2.05) is 49.5 Å². The van der Waals surface area contributed by atoms with Crippen LogP contribution in [0.4, 0.5) is 5.69 Å². The Kier molecular flexibility index (Phi) is 6.78. The molecule has 0 radical (unpaired) electrons. The van der Waals surface area contributed by atoms with Gasteiger partial charge in [0, 0.05) is 17.2 Å². The zero-order chi connectivity index (χ0) is 18.4. The maximum atomic E-state index is 12.2. The summed E-state index contributed by atoms with van der Waals surface area (Å²) < 4.78 is 6.27. The van der Waals surface area contributed by atoms with Gasteiger partial charge in [-0.15, -0.1) is 0 Å². The highest BCUT2D eigenvalue weighted by molar-refractivity contribution is 9.10. The number of carbonyl (C=O) groups excluding carboxylic acids is 2. The van der Waals surface area contributed by atoms with Gasteiger partial charge in [0.05, 0.1) is 12.8 Å². The van der Waals surface area contributed by atoms with Crippen LogP contribution in [-0.2, 0) is 9.59 Å². The number of hydrogen-bond acceptors (Lipinski definition) is 3. The van der Waals surface area contributed by atoms with E-state index in [9.17, 15) is 9.59 Å². The quantitative estimate of drug-likeness (QED) is 0.735. The Balaban J connectivity index is 1.80. The Bertz CT molecular complexity index is 731. The van der Waals surface area contributed by atoms with Crippen molar-refractivity contribution >= 4 is 33.4 Å². The number of likely N-dealkylation sites (N-methyl/N-ethyl adjacent to an activating group) is 1. The van der Waals surface area contributed by atoms with Gasteiger partial charge in [-0.2, -0.15) is 0 Å². The van der Waals surface area contributed by atoms with Gasteiger partial charge in [0.15, 0.2) is 12.3 Å². The van der Waals surface area contributed by atoms with E-state index in [-0.39, 0.29) is 30.9 Å². The van der Waals surface area contributed by atoms with Crippen LogP contribution in [0.25, 0.3) is 0 Å². The maximum absolute atomic E-state index is 12.2. The van der Waals surface area contributed by atoms with Crippen LogP contribution in [0.2, 0.25) is 0 Å². The first-order chi connectivity index (χ1) is 11.9. The highest BCUT2D eigenvalue weighted by Crippen LogP contribution is 2.19. The molecule has 1 atom stereocenters. The average Bonchev–Trinajstić information content (AvgIpc) is 3.09. The minimum atomic E-state index is -0.222. The maximum Gasteiger partial charge on any atom is 0.277 e. The van der Waals surface area contributed by atoms with Crippen molar-refractivity contribution in [2.75, 3.05) is 25.5 Å². The molecule has 0 saturated heterocycles. The molecule has 0 bridgehead atoms. The third kappa shape index (κ3) is 5.72. The molecule has 1 aromatic heterocycles. The molecule has 2 aromatic rings. The Hall–Kier alpha value is -2.12. The molecule has 2 rings (SSSR count). The number of anilines is 1. The van der Waals surface area contributed by atoms with Crippen LogP contribution in [0.3, 0.4) is 0 Å². The van der Waals surface area contributed by atoms with E-state index in [2.05, 4.69) is 21.2 Å². The molecule has 134 valence electrons. The Morgan fingerprint density at radius 2 is 2.12 bits per heavy atom. The first kappa shape index (κ1) is 19.2. The van der Waals surface area contributed by atoms with Crippen LogP contribution in [0.15, 0.2) is 45.5 Å². The van der Waals surface area contributed by atoms with E-state index in [0.717, 1.165) is 21.5 Å². The highest BCUT2D eigenvalue weighted by Gasteiger charge is 2.18. The van der Waals surface area contributed by atoms with Crippen LogP contribution in [-0.4, -0.2) is 36.9 Å². The lowest BCUT2D eigenvalue weighted by Gasteiger charge is -2.17. The van der Waals surface area contributed by atoms with E-state index >= 15 is 0 Å². The fraction of sp³-hybridized carbons (Fsp3) is 0.333. The second-order valence-corrected chi connectivity index (χ2v) is 6.92. The van der Waals surface area contributed by atoms with Crippen LogP contribution >= 0.6 is 15.9 Å². The highest BCUT2D eigenvalue weighted by atomic mass is 79.9. The van der Waals surface area contributed by atoms with Gasteiger partial charge in [-0.3, -0.25) is 9.59 Å². The minimum Gasteiger partial charge on any atom is -0.463 e. The number of benzene rings is 1. The van der Waals surface area contributed by atoms with Gasteiger partial charge >= 0.3 is 0 Å². The molecule has 1 aromatic carbocycles. The van der Waals surface area contributed by atoms with Crippen molar-refractivity contribution < 1.29 is 19.3 Å². The topological polar surface area (TPSA) is 79.2 Å². The monoisotopic (exact) mass is 408 g/mol. The largest absolute Gasteiger partial charge is 0.463 e. The third-order valence-electron chi connectivity index (χ3n) is 3.91. The number of aryl methyl sites for hydroxylation is 1. The first-order valence-electron chi connectivity index (χ1n) is 8.03. The van der Waals surface area contributed by atoms with Crippen molar-refractivity contribution in [3.8, 4) is 0 Å². The van der Waals surface area contributed by atoms with Crippen molar-refractivity contribution in [3.05, 3.63) is 52.4 Å². The fourth-order valence-electron chi connectivity index (χ4n) is 2.36. The summed E-state index contributed by atoms with van der Waals surface area (Å²) in [7, 11) is 1.63. The predicted molar refractivity (Wildman–Crippen MR) is 99.1 cm³/mol. The number of furan rings is 1. The summed E-state index contributed by atoms with van der Waals surface area (Å²) >= 11 is 3.39. The number of nitrogens with two attached hydrogens (primary N) is 1. The lowest BCUT2D eigenvalue weighted by molar-refractivity contribution is -0.684. The molecule has 0 aliphatic heterocycles. The van der Waals surface area contributed by atoms with Crippen molar-refractivity contribution in [1.82, 2.24) is 4.90 Å². The van der Waals surface area contributed by atoms with E-state index < -0.39 is 0 Å². The smallest absolute Gasteiger partial charge is 0.277 e. The average molecular weight is 409 g/mol. The van der Waals surface area contributed by atoms with Gasteiger partial charge in [-0.05, 0) is 49.7 Å². The fourth-order valence-corrected chi connectivity index (χ4v) is 2.84. The standard InChI is InChI=1S/C18H22BrN3O3/c1-12-9-14(19)6-7-15(12)21-17(23)11-22(3)18(24)10-20-13(2)16-5-4-8-25-16/h4-9,13,20H,10-11H2,1-3H3,(H,21,23)/p+1/t13-/m0/s1. The van der Waals surface area contributed by atoms with Gasteiger partial charge in [-0.25, -0.2) is 0 Å². The number of nitrogens with one attached hydrogen (secondary N) is 1. The van der Waals surface area contributed by atoms with Crippen LogP contribution in [0.1, 0.15) is 24.3 Å². The molecule has 2 amide bonds. The number of carbonyl (C=O) groups is 2. The van der Waals surface area contributed by atoms with E-state index in [1.54, 1.807) is 13.3 Å². The Morgan fingerprint density at radius 3 is 2.76 bits per heavy atom. The molecule has 0 aliphatic rings. The van der Waals surface area contributed by atoms with Crippen LogP contribution in [0.5, 0.6) is 0 Å². The van der Waals surface area contributed by atoms with Gasteiger partial charge in [-0.1, -0.05) is 15.9 Å². The molecular weight excluding hydrogens is 386 g/mol. The lowest BCUT2D eigenvalue weighted by atomic mass is 10.2. The second kappa shape index (κ2) is 8.82. The van der Waals surface area contributed by atoms with Gasteiger partial charge in [0.2, 0.25) is 5.91 Å². The normalized spacial score (nSPS) is 11.8. The summed E-state index contributed by atoms with van der Waals surface area (Å²) in [4.78, 5) is 25.8. The summed E-state index contributed by atoms with van der Waals surface area (Å²) in [5.74, 6) is 0.486. The predicted octanol–water partition coefficient (Wildman–Crippen LogP) is 2.07. The van der Waals surface area contributed by atoms with Crippen molar-refractivity contribution in [3.63, 3.8) is 0 Å². The van der Waals surface area contributed by atoms with Crippen LogP contribution < -0.4 is 10.6 Å². The molecule has 0 fully saturated rings. The summed E-state index contributed by atoms with van der Waals surface area (Å²) in [6, 6.07) is 9.37. The number of quaternary nitrogens is 1. The van der Waals surface area contributed by atoms with E-state index in [4.69, 9.17) is 4.42 Å². The molecule has 25 heavy (non-hydrogen) atoms. The van der Waals surface area contributed by atoms with Crippen molar-refractivity contribution in [2.45, 2.75) is 19.9 Å². The number of amides is 2. The zero-order valence-corrected chi connectivity index (χ0v) is 16.2. The van der Waals surface area contributed by atoms with E-state index in [1.165, 1.54) is 4.90 Å². The van der Waals surface area contributed by atoms with E-state index in [0.29, 0.717) is 0 Å². The number of rotatable bonds is 7. The summed E-state index contributed by atoms with van der Waals surface area (Å²) in [5.41, 5.74) is 1.70. The second-order valence-electron chi connectivity index (χ2n) is 6.00. The molecule has 0 aliphatic carbocycles. The third-order valence-corrected chi connectivity index (χ3v) is 4.40. The Labute approximate surface area is 155 Å². The number of nitrogens with zero attached hydrogens (tertiary/aromatic N) is 1.